The fraction of sp³-hybridized carbons (Fsp3) is 0.189. The van der Waals surface area contributed by atoms with E-state index in [1.165, 1.54) is 10.8 Å². The first-order chi connectivity index (χ1) is 22.9. The number of aromatic nitrogens is 2. The lowest BCUT2D eigenvalue weighted by molar-refractivity contribution is -0.166. The highest BCUT2D eigenvalue weighted by atomic mass is 16.7. The fourth-order valence-corrected chi connectivity index (χ4v) is 6.31. The number of nitrogens with one attached hydrogen (secondary N) is 1. The molecule has 0 bridgehead atoms. The van der Waals surface area contributed by atoms with E-state index in [0.29, 0.717) is 5.56 Å². The van der Waals surface area contributed by atoms with E-state index < -0.39 is 47.1 Å². The second-order valence-electron chi connectivity index (χ2n) is 11.5. The van der Waals surface area contributed by atoms with Crippen molar-refractivity contribution in [2.45, 2.75) is 37.4 Å². The Morgan fingerprint density at radius 2 is 1.23 bits per heavy atom. The maximum absolute atomic E-state index is 13.3. The summed E-state index contributed by atoms with van der Waals surface area (Å²) in [5.41, 5.74) is 1.18. The van der Waals surface area contributed by atoms with Crippen molar-refractivity contribution in [3.05, 3.63) is 176 Å². The lowest BCUT2D eigenvalue weighted by atomic mass is 9.80. The summed E-state index contributed by atoms with van der Waals surface area (Å²) in [5.74, 6) is -1.17. The largest absolute Gasteiger partial charge is 0.358 e. The van der Waals surface area contributed by atoms with Gasteiger partial charge in [0, 0.05) is 18.2 Å². The summed E-state index contributed by atoms with van der Waals surface area (Å²) in [6.45, 7) is 1.53. The van der Waals surface area contributed by atoms with Crippen molar-refractivity contribution in [2.75, 3.05) is 6.61 Å². The molecule has 1 aromatic heterocycles. The number of fused-ring (bicyclic) bond motifs is 1. The average molecular weight is 630 g/mol. The number of carbonyl (C=O) groups is 2. The second kappa shape index (κ2) is 12.4. The van der Waals surface area contributed by atoms with Gasteiger partial charge in [-0.25, -0.2) is 4.79 Å². The summed E-state index contributed by atoms with van der Waals surface area (Å²) < 4.78 is 14.7. The molecule has 1 N–H and O–H groups in total. The molecule has 10 heteroatoms. The Kier molecular flexibility index (Phi) is 7.98. The van der Waals surface area contributed by atoms with Gasteiger partial charge in [0.05, 0.1) is 17.7 Å². The van der Waals surface area contributed by atoms with Gasteiger partial charge in [-0.2, -0.15) is 0 Å². The monoisotopic (exact) mass is 629 g/mol. The van der Waals surface area contributed by atoms with E-state index in [1.54, 1.807) is 31.2 Å². The number of carbonyl (C=O) groups excluding carboxylic acids is 2. The molecule has 7 rings (SSSR count). The molecule has 2 aliphatic rings. The summed E-state index contributed by atoms with van der Waals surface area (Å²) in [4.78, 5) is 60.1. The van der Waals surface area contributed by atoms with Gasteiger partial charge in [-0.3, -0.25) is 28.8 Å². The van der Waals surface area contributed by atoms with Crippen molar-refractivity contribution in [1.29, 1.82) is 0 Å². The lowest BCUT2D eigenvalue weighted by Gasteiger charge is -2.37. The highest BCUT2D eigenvalue weighted by Gasteiger charge is 2.46. The molecule has 1 saturated heterocycles. The zero-order valence-corrected chi connectivity index (χ0v) is 25.4. The number of hydrogen-bond acceptors (Lipinski definition) is 7. The Hall–Kier alpha value is -5.42. The highest BCUT2D eigenvalue weighted by molar-refractivity contribution is 6.20. The number of amides is 2. The zero-order valence-electron chi connectivity index (χ0n) is 25.4. The average Bonchev–Trinajstić information content (AvgIpc) is 3.62. The lowest BCUT2D eigenvalue weighted by Crippen LogP contribution is -2.42. The maximum atomic E-state index is 13.3. The van der Waals surface area contributed by atoms with E-state index >= 15 is 0 Å². The third kappa shape index (κ3) is 5.42. The van der Waals surface area contributed by atoms with Crippen LogP contribution >= 0.6 is 0 Å². The Morgan fingerprint density at radius 3 is 1.74 bits per heavy atom. The van der Waals surface area contributed by atoms with Crippen LogP contribution in [0.4, 0.5) is 0 Å². The number of hydroxylamine groups is 2. The van der Waals surface area contributed by atoms with Crippen LogP contribution in [0.1, 0.15) is 55.6 Å². The molecule has 4 aromatic carbocycles. The van der Waals surface area contributed by atoms with Crippen molar-refractivity contribution >= 4 is 11.8 Å². The number of nitrogens with zero attached hydrogens (tertiary/aromatic N) is 2. The molecule has 2 aliphatic heterocycles. The molecule has 10 nitrogen and oxygen atoms in total. The number of hydrogen-bond donors (Lipinski definition) is 1. The Morgan fingerprint density at radius 1 is 0.745 bits per heavy atom. The molecule has 0 radical (unpaired) electrons. The first kappa shape index (κ1) is 30.2. The minimum absolute atomic E-state index is 0.0555. The van der Waals surface area contributed by atoms with E-state index in [2.05, 4.69) is 4.98 Å². The van der Waals surface area contributed by atoms with Crippen LogP contribution in [0.25, 0.3) is 0 Å². The van der Waals surface area contributed by atoms with E-state index in [0.717, 1.165) is 21.8 Å². The van der Waals surface area contributed by atoms with E-state index in [1.807, 2.05) is 91.0 Å². The number of ether oxygens (including phenoxy) is 2. The van der Waals surface area contributed by atoms with Crippen LogP contribution in [0.15, 0.2) is 131 Å². The standard InChI is InChI=1S/C37H31N3O7/c1-24-22-39(36(44)38-33(24)41)32-21-30(47-40-34(42)28-19-11-12-20-29(28)35(40)43)31(46-32)23-45-37(25-13-5-2-6-14-25,26-15-7-3-8-16-26)27-17-9-4-10-18-27/h2-20,22,30-32H,21,23H2,1H3,(H,38,41,44)/t30?,31-,32-/m1/s1. The molecule has 5 aromatic rings. The predicted octanol–water partition coefficient (Wildman–Crippen LogP) is 4.74. The van der Waals surface area contributed by atoms with Crippen molar-refractivity contribution < 1.29 is 23.9 Å². The number of rotatable bonds is 9. The predicted molar refractivity (Wildman–Crippen MR) is 172 cm³/mol. The molecule has 0 aliphatic carbocycles. The smallest absolute Gasteiger partial charge is 0.330 e. The number of imide groups is 1. The third-order valence-electron chi connectivity index (χ3n) is 8.64. The number of aryl methyl sites for hydroxylation is 1. The normalized spacial score (nSPS) is 19.3. The van der Waals surface area contributed by atoms with Gasteiger partial charge in [0.2, 0.25) is 0 Å². The first-order valence-corrected chi connectivity index (χ1v) is 15.3. The summed E-state index contributed by atoms with van der Waals surface area (Å²) in [6.07, 6.45) is -1.11. The molecule has 2 amide bonds. The third-order valence-corrected chi connectivity index (χ3v) is 8.64. The Balaban J connectivity index is 1.27. The van der Waals surface area contributed by atoms with Crippen molar-refractivity contribution in [3.8, 4) is 0 Å². The second-order valence-corrected chi connectivity index (χ2v) is 11.5. The van der Waals surface area contributed by atoms with Crippen LogP contribution in [-0.2, 0) is 19.9 Å². The molecule has 1 fully saturated rings. The van der Waals surface area contributed by atoms with Crippen molar-refractivity contribution in [2.24, 2.45) is 0 Å². The van der Waals surface area contributed by atoms with Crippen LogP contribution in [0.5, 0.6) is 0 Å². The number of H-pyrrole nitrogens is 1. The van der Waals surface area contributed by atoms with Gasteiger partial charge in [-0.05, 0) is 35.7 Å². The number of benzene rings is 4. The summed E-state index contributed by atoms with van der Waals surface area (Å²) in [6, 6.07) is 35.9. The topological polar surface area (TPSA) is 120 Å². The van der Waals surface area contributed by atoms with Gasteiger partial charge in [-0.1, -0.05) is 103 Å². The fourth-order valence-electron chi connectivity index (χ4n) is 6.31. The first-order valence-electron chi connectivity index (χ1n) is 15.3. The van der Waals surface area contributed by atoms with Gasteiger partial charge in [0.25, 0.3) is 17.4 Å². The van der Waals surface area contributed by atoms with E-state index in [9.17, 15) is 19.2 Å². The van der Waals surface area contributed by atoms with Gasteiger partial charge in [0.15, 0.2) is 0 Å². The number of aromatic amines is 1. The zero-order chi connectivity index (χ0) is 32.5. The summed E-state index contributed by atoms with van der Waals surface area (Å²) >= 11 is 0. The van der Waals surface area contributed by atoms with E-state index in [-0.39, 0.29) is 24.2 Å². The van der Waals surface area contributed by atoms with Gasteiger partial charge in [-0.15, -0.1) is 5.06 Å². The SMILES string of the molecule is Cc1cn([C@H]2CC(ON3C(=O)c4ccccc4C3=O)[C@@H](COC(c3ccccc3)(c3ccccc3)c3ccccc3)O2)c(=O)[nH]c1=O. The van der Waals surface area contributed by atoms with Crippen molar-refractivity contribution in [3.63, 3.8) is 0 Å². The summed E-state index contributed by atoms with van der Waals surface area (Å²) in [5, 5.41) is 0.758. The van der Waals surface area contributed by atoms with Gasteiger partial charge < -0.3 is 9.47 Å². The molecule has 3 heterocycles. The Bertz CT molecular complexity index is 1910. The van der Waals surface area contributed by atoms with Crippen LogP contribution in [0.2, 0.25) is 0 Å². The summed E-state index contributed by atoms with van der Waals surface area (Å²) in [7, 11) is 0. The molecule has 3 atom stereocenters. The maximum Gasteiger partial charge on any atom is 0.330 e. The molecule has 47 heavy (non-hydrogen) atoms. The van der Waals surface area contributed by atoms with Crippen LogP contribution in [0, 0.1) is 6.92 Å². The van der Waals surface area contributed by atoms with Crippen LogP contribution in [-0.4, -0.2) is 45.2 Å². The molecular formula is C37H31N3O7. The Labute approximate surface area is 269 Å². The highest BCUT2D eigenvalue weighted by Crippen LogP contribution is 2.42. The van der Waals surface area contributed by atoms with E-state index in [4.69, 9.17) is 14.3 Å². The molecule has 1 unspecified atom stereocenters. The van der Waals surface area contributed by atoms with Gasteiger partial charge in [0.1, 0.15) is 24.0 Å². The minimum Gasteiger partial charge on any atom is -0.358 e. The van der Waals surface area contributed by atoms with Crippen LogP contribution in [0.3, 0.4) is 0 Å². The van der Waals surface area contributed by atoms with Crippen molar-refractivity contribution in [1.82, 2.24) is 14.6 Å². The molecule has 236 valence electrons. The van der Waals surface area contributed by atoms with Crippen LogP contribution < -0.4 is 11.2 Å². The quantitative estimate of drug-likeness (QED) is 0.185. The minimum atomic E-state index is -1.09. The van der Waals surface area contributed by atoms with Gasteiger partial charge >= 0.3 is 5.69 Å². The molecular weight excluding hydrogens is 598 g/mol. The molecule has 0 spiro atoms. The molecule has 0 saturated carbocycles.